The summed E-state index contributed by atoms with van der Waals surface area (Å²) in [6.07, 6.45) is 2.68. The number of nitro groups is 1. The van der Waals surface area contributed by atoms with Gasteiger partial charge in [0.15, 0.2) is 6.20 Å². The molecule has 0 bridgehead atoms. The Bertz CT molecular complexity index is 517. The van der Waals surface area contributed by atoms with Gasteiger partial charge in [0.05, 0.1) is 5.69 Å². The van der Waals surface area contributed by atoms with Crippen LogP contribution >= 0.6 is 0 Å². The Labute approximate surface area is 116 Å². The van der Waals surface area contributed by atoms with Gasteiger partial charge in [-0.2, -0.15) is 0 Å². The first-order valence-corrected chi connectivity index (χ1v) is 6.40. The van der Waals surface area contributed by atoms with Gasteiger partial charge in [-0.3, -0.25) is 4.90 Å². The fourth-order valence-corrected chi connectivity index (χ4v) is 1.74. The van der Waals surface area contributed by atoms with E-state index in [4.69, 9.17) is 4.74 Å². The first kappa shape index (κ1) is 14.2. The Kier molecular flexibility index (Phi) is 3.61. The number of hydrogen-bond acceptors (Lipinski definition) is 5. The molecule has 0 unspecified atom stereocenters. The molecular weight excluding hydrogens is 262 g/mol. The fraction of sp³-hybridized carbons (Fsp3) is 0.538. The van der Waals surface area contributed by atoms with E-state index in [1.54, 1.807) is 20.8 Å². The van der Waals surface area contributed by atoms with Gasteiger partial charge in [-0.15, -0.1) is 0 Å². The number of anilines is 1. The van der Waals surface area contributed by atoms with E-state index >= 15 is 0 Å². The van der Waals surface area contributed by atoms with Gasteiger partial charge in [0.1, 0.15) is 5.60 Å². The number of ether oxygens (including phenoxy) is 1. The van der Waals surface area contributed by atoms with Crippen molar-refractivity contribution in [2.24, 2.45) is 0 Å². The summed E-state index contributed by atoms with van der Waals surface area (Å²) in [6.45, 7) is 5.39. The molecule has 0 saturated heterocycles. The third-order valence-corrected chi connectivity index (χ3v) is 2.70. The molecule has 0 radical (unpaired) electrons. The molecule has 1 heterocycles. The van der Waals surface area contributed by atoms with Crippen molar-refractivity contribution in [3.63, 3.8) is 0 Å². The molecule has 7 nitrogen and oxygen atoms in total. The van der Waals surface area contributed by atoms with Crippen LogP contribution in [0.25, 0.3) is 0 Å². The van der Waals surface area contributed by atoms with Crippen LogP contribution in [0.15, 0.2) is 18.3 Å². The average molecular weight is 279 g/mol. The van der Waals surface area contributed by atoms with Gasteiger partial charge in [0.2, 0.25) is 0 Å². The maximum atomic E-state index is 12.2. The zero-order valence-corrected chi connectivity index (χ0v) is 11.7. The van der Waals surface area contributed by atoms with Crippen molar-refractivity contribution < 1.29 is 14.5 Å². The minimum Gasteiger partial charge on any atom is -0.443 e. The molecule has 7 heteroatoms. The van der Waals surface area contributed by atoms with Gasteiger partial charge in [0, 0.05) is 12.1 Å². The number of pyridine rings is 1. The Morgan fingerprint density at radius 1 is 1.45 bits per heavy atom. The highest BCUT2D eigenvalue weighted by Gasteiger charge is 2.37. The second-order valence-electron chi connectivity index (χ2n) is 5.71. The van der Waals surface area contributed by atoms with Crippen LogP contribution in [-0.4, -0.2) is 27.6 Å². The standard InChI is InChI=1S/C13H17N3O4/c1-13(2,3)20-12(17)15(9-4-5-9)10-6-7-11(14-8-10)16(18)19/h6-9H,4-5H2,1-3H3. The van der Waals surface area contributed by atoms with Crippen LogP contribution < -0.4 is 4.90 Å². The summed E-state index contributed by atoms with van der Waals surface area (Å²) >= 11 is 0. The summed E-state index contributed by atoms with van der Waals surface area (Å²) in [7, 11) is 0. The molecule has 0 atom stereocenters. The van der Waals surface area contributed by atoms with Crippen LogP contribution in [0.3, 0.4) is 0 Å². The monoisotopic (exact) mass is 279 g/mol. The van der Waals surface area contributed by atoms with Crippen LogP contribution in [0.1, 0.15) is 33.6 Å². The molecule has 20 heavy (non-hydrogen) atoms. The largest absolute Gasteiger partial charge is 0.443 e. The van der Waals surface area contributed by atoms with Crippen molar-refractivity contribution in [1.82, 2.24) is 4.98 Å². The first-order chi connectivity index (χ1) is 9.28. The summed E-state index contributed by atoms with van der Waals surface area (Å²) in [4.78, 5) is 27.5. The molecule has 1 aromatic heterocycles. The van der Waals surface area contributed by atoms with Crippen molar-refractivity contribution in [2.45, 2.75) is 45.3 Å². The molecule has 0 spiro atoms. The smallest absolute Gasteiger partial charge is 0.415 e. The van der Waals surface area contributed by atoms with E-state index in [0.29, 0.717) is 5.69 Å². The molecular formula is C13H17N3O4. The SMILES string of the molecule is CC(C)(C)OC(=O)N(c1ccc([N+](=O)[O-])nc1)C1CC1. The molecule has 0 N–H and O–H groups in total. The molecule has 2 rings (SSSR count). The highest BCUT2D eigenvalue weighted by atomic mass is 16.6. The van der Waals surface area contributed by atoms with Crippen molar-refractivity contribution >= 4 is 17.6 Å². The lowest BCUT2D eigenvalue weighted by molar-refractivity contribution is -0.389. The molecule has 0 aliphatic heterocycles. The number of nitrogens with zero attached hydrogens (tertiary/aromatic N) is 3. The lowest BCUT2D eigenvalue weighted by Gasteiger charge is -2.26. The average Bonchev–Trinajstić information content (AvgIpc) is 3.12. The highest BCUT2D eigenvalue weighted by molar-refractivity contribution is 5.89. The van der Waals surface area contributed by atoms with E-state index in [1.165, 1.54) is 23.2 Å². The van der Waals surface area contributed by atoms with Gasteiger partial charge >= 0.3 is 11.9 Å². The maximum Gasteiger partial charge on any atom is 0.415 e. The lowest BCUT2D eigenvalue weighted by atomic mass is 10.2. The van der Waals surface area contributed by atoms with Crippen molar-refractivity contribution in [3.8, 4) is 0 Å². The molecule has 1 amide bonds. The number of aromatic nitrogens is 1. The van der Waals surface area contributed by atoms with Crippen LogP contribution in [0, 0.1) is 10.1 Å². The van der Waals surface area contributed by atoms with Gasteiger partial charge < -0.3 is 14.9 Å². The van der Waals surface area contributed by atoms with Crippen molar-refractivity contribution in [3.05, 3.63) is 28.4 Å². The van der Waals surface area contributed by atoms with E-state index in [2.05, 4.69) is 4.98 Å². The summed E-state index contributed by atoms with van der Waals surface area (Å²) < 4.78 is 5.36. The van der Waals surface area contributed by atoms with Crippen LogP contribution in [-0.2, 0) is 4.74 Å². The molecule has 108 valence electrons. The van der Waals surface area contributed by atoms with E-state index in [1.807, 2.05) is 0 Å². The second kappa shape index (κ2) is 5.07. The first-order valence-electron chi connectivity index (χ1n) is 6.40. The number of carbonyl (C=O) groups is 1. The van der Waals surface area contributed by atoms with E-state index in [0.717, 1.165) is 12.8 Å². The molecule has 0 aromatic carbocycles. The van der Waals surface area contributed by atoms with Crippen molar-refractivity contribution in [1.29, 1.82) is 0 Å². The van der Waals surface area contributed by atoms with Crippen LogP contribution in [0.5, 0.6) is 0 Å². The Hall–Kier alpha value is -2.18. The predicted molar refractivity (Wildman–Crippen MR) is 72.6 cm³/mol. The second-order valence-corrected chi connectivity index (χ2v) is 5.71. The summed E-state index contributed by atoms with van der Waals surface area (Å²) in [5.41, 5.74) is -0.0642. The third kappa shape index (κ3) is 3.43. The van der Waals surface area contributed by atoms with Crippen LogP contribution in [0.4, 0.5) is 16.3 Å². The molecule has 1 aromatic rings. The Morgan fingerprint density at radius 2 is 2.10 bits per heavy atom. The summed E-state index contributed by atoms with van der Waals surface area (Å²) in [5, 5.41) is 10.6. The topological polar surface area (TPSA) is 85.6 Å². The van der Waals surface area contributed by atoms with Gasteiger partial charge in [-0.1, -0.05) is 0 Å². The van der Waals surface area contributed by atoms with Crippen LogP contribution in [0.2, 0.25) is 0 Å². The predicted octanol–water partition coefficient (Wildman–Crippen LogP) is 2.89. The number of carbonyl (C=O) groups excluding carboxylic acids is 1. The third-order valence-electron chi connectivity index (χ3n) is 2.70. The quantitative estimate of drug-likeness (QED) is 0.627. The van der Waals surface area contributed by atoms with Crippen molar-refractivity contribution in [2.75, 3.05) is 4.90 Å². The zero-order valence-electron chi connectivity index (χ0n) is 11.7. The minimum absolute atomic E-state index is 0.0908. The maximum absolute atomic E-state index is 12.2. The normalized spacial score (nSPS) is 14.8. The molecule has 1 fully saturated rings. The van der Waals surface area contributed by atoms with E-state index in [9.17, 15) is 14.9 Å². The molecule has 1 aliphatic carbocycles. The lowest BCUT2D eigenvalue weighted by Crippen LogP contribution is -2.38. The fourth-order valence-electron chi connectivity index (χ4n) is 1.74. The number of rotatable bonds is 3. The van der Waals surface area contributed by atoms with E-state index in [-0.39, 0.29) is 11.9 Å². The van der Waals surface area contributed by atoms with Gasteiger partial charge in [0.25, 0.3) is 0 Å². The Morgan fingerprint density at radius 3 is 2.50 bits per heavy atom. The Balaban J connectivity index is 2.20. The summed E-state index contributed by atoms with van der Waals surface area (Å²) in [5.74, 6) is -0.242. The zero-order chi connectivity index (χ0) is 14.9. The highest BCUT2D eigenvalue weighted by Crippen LogP contribution is 2.33. The number of hydrogen-bond donors (Lipinski definition) is 0. The number of amides is 1. The minimum atomic E-state index is -0.585. The molecule has 1 saturated carbocycles. The van der Waals surface area contributed by atoms with Gasteiger partial charge in [-0.25, -0.2) is 4.79 Å². The van der Waals surface area contributed by atoms with E-state index < -0.39 is 16.6 Å². The van der Waals surface area contributed by atoms with Gasteiger partial charge in [-0.05, 0) is 49.6 Å². The molecule has 1 aliphatic rings. The summed E-state index contributed by atoms with van der Waals surface area (Å²) in [6, 6.07) is 2.90.